The van der Waals surface area contributed by atoms with Gasteiger partial charge < -0.3 is 18.9 Å². The third kappa shape index (κ3) is 3.02. The van der Waals surface area contributed by atoms with Crippen molar-refractivity contribution in [2.75, 3.05) is 14.1 Å². The molecule has 3 rings (SSSR count). The molecule has 1 aliphatic heterocycles. The van der Waals surface area contributed by atoms with Gasteiger partial charge in [0.1, 0.15) is 11.4 Å². The van der Waals surface area contributed by atoms with Crippen molar-refractivity contribution < 1.29 is 18.8 Å². The van der Waals surface area contributed by atoms with Gasteiger partial charge in [0.15, 0.2) is 0 Å². The van der Waals surface area contributed by atoms with E-state index in [9.17, 15) is 4.79 Å². The minimum Gasteiger partial charge on any atom is -0.491 e. The maximum absolute atomic E-state index is 12.6. The van der Waals surface area contributed by atoms with E-state index in [0.29, 0.717) is 16.9 Å². The fourth-order valence-corrected chi connectivity index (χ4v) is 2.49. The summed E-state index contributed by atoms with van der Waals surface area (Å²) in [7, 11) is 2.72. The first kappa shape index (κ1) is 17.2. The van der Waals surface area contributed by atoms with Crippen LogP contribution in [0.15, 0.2) is 12.3 Å². The molecular weight excluding hydrogens is 307 g/mol. The van der Waals surface area contributed by atoms with Gasteiger partial charge in [-0.25, -0.2) is 0 Å². The van der Waals surface area contributed by atoms with Gasteiger partial charge in [0.2, 0.25) is 0 Å². The maximum Gasteiger partial charge on any atom is 0.501 e. The van der Waals surface area contributed by atoms with Crippen LogP contribution in [0.2, 0.25) is 0 Å². The van der Waals surface area contributed by atoms with Crippen LogP contribution in [0.3, 0.4) is 0 Å². The highest BCUT2D eigenvalue weighted by Crippen LogP contribution is 2.38. The van der Waals surface area contributed by atoms with E-state index in [-0.39, 0.29) is 12.0 Å². The van der Waals surface area contributed by atoms with Gasteiger partial charge in [-0.1, -0.05) is 0 Å². The van der Waals surface area contributed by atoms with Gasteiger partial charge >= 0.3 is 7.12 Å². The van der Waals surface area contributed by atoms with Crippen LogP contribution in [0.4, 0.5) is 0 Å². The van der Waals surface area contributed by atoms with Gasteiger partial charge in [0, 0.05) is 20.3 Å². The molecule has 7 heteroatoms. The van der Waals surface area contributed by atoms with Gasteiger partial charge in [-0.2, -0.15) is 0 Å². The van der Waals surface area contributed by atoms with E-state index < -0.39 is 18.3 Å². The molecule has 0 atom stereocenters. The van der Waals surface area contributed by atoms with Gasteiger partial charge in [-0.3, -0.25) is 9.78 Å². The molecule has 0 radical (unpaired) electrons. The molecule has 2 fully saturated rings. The number of pyridine rings is 1. The van der Waals surface area contributed by atoms with Crippen molar-refractivity contribution in [1.29, 1.82) is 0 Å². The molecule has 1 aliphatic carbocycles. The normalized spacial score (nSPS) is 21.7. The average Bonchev–Trinajstić information content (AvgIpc) is 3.24. The number of carbonyl (C=O) groups is 1. The lowest BCUT2D eigenvalue weighted by atomic mass is 9.76. The zero-order chi connectivity index (χ0) is 17.7. The Kier molecular flexibility index (Phi) is 4.12. The standard InChI is InChI=1S/C17H25BN2O4/c1-16(2)17(3,4)24-18(23-16)13-12(22-11-7-8-11)9-10-19-14(13)15(21)20(5)6/h9-11H,7-8H2,1-6H3. The smallest absolute Gasteiger partial charge is 0.491 e. The molecule has 1 saturated carbocycles. The summed E-state index contributed by atoms with van der Waals surface area (Å²) in [5.41, 5.74) is -0.0932. The molecule has 1 amide bonds. The number of hydrogen-bond acceptors (Lipinski definition) is 5. The number of ether oxygens (including phenoxy) is 1. The molecule has 0 unspecified atom stereocenters. The third-order valence-electron chi connectivity index (χ3n) is 4.87. The third-order valence-corrected chi connectivity index (χ3v) is 4.87. The molecule has 6 nitrogen and oxygen atoms in total. The molecule has 0 bridgehead atoms. The Bertz CT molecular complexity index is 640. The van der Waals surface area contributed by atoms with Crippen LogP contribution < -0.4 is 10.2 Å². The van der Waals surface area contributed by atoms with E-state index in [2.05, 4.69) is 4.98 Å². The first-order chi connectivity index (χ1) is 11.1. The zero-order valence-electron chi connectivity index (χ0n) is 15.3. The Morgan fingerprint density at radius 3 is 2.33 bits per heavy atom. The van der Waals surface area contributed by atoms with Crippen LogP contribution in [0.1, 0.15) is 51.0 Å². The number of amides is 1. The minimum absolute atomic E-state index is 0.194. The maximum atomic E-state index is 12.6. The lowest BCUT2D eigenvalue weighted by molar-refractivity contribution is 0.00578. The Hall–Kier alpha value is -1.60. The van der Waals surface area contributed by atoms with Crippen molar-refractivity contribution in [1.82, 2.24) is 9.88 Å². The number of carbonyl (C=O) groups excluding carboxylic acids is 1. The quantitative estimate of drug-likeness (QED) is 0.784. The van der Waals surface area contributed by atoms with E-state index in [0.717, 1.165) is 12.8 Å². The molecule has 1 saturated heterocycles. The highest BCUT2D eigenvalue weighted by Gasteiger charge is 2.54. The molecule has 2 heterocycles. The first-order valence-corrected chi connectivity index (χ1v) is 8.35. The molecule has 2 aliphatic rings. The van der Waals surface area contributed by atoms with Crippen molar-refractivity contribution >= 4 is 18.5 Å². The predicted octanol–water partition coefficient (Wildman–Crippen LogP) is 1.62. The van der Waals surface area contributed by atoms with Crippen LogP contribution in [-0.2, 0) is 9.31 Å². The highest BCUT2D eigenvalue weighted by atomic mass is 16.7. The Morgan fingerprint density at radius 2 is 1.83 bits per heavy atom. The number of nitrogens with zero attached hydrogens (tertiary/aromatic N) is 2. The lowest BCUT2D eigenvalue weighted by Gasteiger charge is -2.32. The first-order valence-electron chi connectivity index (χ1n) is 8.35. The predicted molar refractivity (Wildman–Crippen MR) is 91.6 cm³/mol. The summed E-state index contributed by atoms with van der Waals surface area (Å²) in [6.45, 7) is 7.94. The van der Waals surface area contributed by atoms with Gasteiger partial charge in [0.05, 0.1) is 22.8 Å². The van der Waals surface area contributed by atoms with Crippen LogP contribution >= 0.6 is 0 Å². The van der Waals surface area contributed by atoms with Gasteiger partial charge in [0.25, 0.3) is 5.91 Å². The summed E-state index contributed by atoms with van der Waals surface area (Å²) in [6.07, 6.45) is 3.86. The minimum atomic E-state index is -0.684. The Morgan fingerprint density at radius 1 is 1.25 bits per heavy atom. The van der Waals surface area contributed by atoms with Crippen molar-refractivity contribution in [3.63, 3.8) is 0 Å². The van der Waals surface area contributed by atoms with Crippen molar-refractivity contribution in [3.05, 3.63) is 18.0 Å². The van der Waals surface area contributed by atoms with Crippen molar-refractivity contribution in [3.8, 4) is 5.75 Å². The van der Waals surface area contributed by atoms with Gasteiger partial charge in [-0.15, -0.1) is 0 Å². The summed E-state index contributed by atoms with van der Waals surface area (Å²) in [4.78, 5) is 18.4. The fraction of sp³-hybridized carbons (Fsp3) is 0.647. The van der Waals surface area contributed by atoms with Crippen molar-refractivity contribution in [2.24, 2.45) is 0 Å². The molecule has 130 valence electrons. The summed E-state index contributed by atoms with van der Waals surface area (Å²) in [5.74, 6) is 0.428. The van der Waals surface area contributed by atoms with Crippen LogP contribution in [0.5, 0.6) is 5.75 Å². The van der Waals surface area contributed by atoms with E-state index in [1.807, 2.05) is 27.7 Å². The van der Waals surface area contributed by atoms with Crippen LogP contribution in [0, 0.1) is 0 Å². The SMILES string of the molecule is CN(C)C(=O)c1nccc(OC2CC2)c1B1OC(C)(C)C(C)(C)O1. The lowest BCUT2D eigenvalue weighted by Crippen LogP contribution is -2.42. The molecule has 1 aromatic rings. The summed E-state index contributed by atoms with van der Waals surface area (Å²) in [6, 6.07) is 1.78. The summed E-state index contributed by atoms with van der Waals surface area (Å²) >= 11 is 0. The number of hydrogen-bond donors (Lipinski definition) is 0. The topological polar surface area (TPSA) is 60.9 Å². The highest BCUT2D eigenvalue weighted by molar-refractivity contribution is 6.64. The van der Waals surface area contributed by atoms with Crippen molar-refractivity contribution in [2.45, 2.75) is 57.8 Å². The van der Waals surface area contributed by atoms with E-state index in [1.165, 1.54) is 4.90 Å². The van der Waals surface area contributed by atoms with E-state index in [4.69, 9.17) is 14.0 Å². The van der Waals surface area contributed by atoms with E-state index >= 15 is 0 Å². The van der Waals surface area contributed by atoms with Gasteiger partial charge in [-0.05, 0) is 46.6 Å². The summed E-state index contributed by atoms with van der Waals surface area (Å²) in [5, 5.41) is 0. The Balaban J connectivity index is 2.05. The second-order valence-corrected chi connectivity index (χ2v) is 7.68. The molecule has 0 N–H and O–H groups in total. The fourth-order valence-electron chi connectivity index (χ4n) is 2.49. The summed E-state index contributed by atoms with van der Waals surface area (Å²) < 4.78 is 18.3. The monoisotopic (exact) mass is 332 g/mol. The second kappa shape index (κ2) is 5.74. The zero-order valence-corrected chi connectivity index (χ0v) is 15.3. The number of rotatable bonds is 4. The Labute approximate surface area is 143 Å². The average molecular weight is 332 g/mol. The van der Waals surface area contributed by atoms with Crippen LogP contribution in [0.25, 0.3) is 0 Å². The van der Waals surface area contributed by atoms with Crippen LogP contribution in [-0.4, -0.2) is 54.3 Å². The molecule has 0 spiro atoms. The van der Waals surface area contributed by atoms with E-state index in [1.54, 1.807) is 26.4 Å². The number of aromatic nitrogens is 1. The molecule has 1 aromatic heterocycles. The molecule has 24 heavy (non-hydrogen) atoms. The largest absolute Gasteiger partial charge is 0.501 e. The molecular formula is C17H25BN2O4. The molecule has 0 aromatic carbocycles. The second-order valence-electron chi connectivity index (χ2n) is 7.68.